The van der Waals surface area contributed by atoms with Gasteiger partial charge < -0.3 is 10.0 Å². The number of aliphatic carboxylic acids is 1. The highest BCUT2D eigenvalue weighted by atomic mass is 16.4. The molecule has 7 heteroatoms. The van der Waals surface area contributed by atoms with E-state index in [0.717, 1.165) is 31.2 Å². The van der Waals surface area contributed by atoms with Gasteiger partial charge in [-0.15, -0.1) is 0 Å². The zero-order valence-electron chi connectivity index (χ0n) is 14.6. The Morgan fingerprint density at radius 3 is 2.81 bits per heavy atom. The van der Waals surface area contributed by atoms with Crippen LogP contribution in [0, 0.1) is 12.8 Å². The molecule has 0 unspecified atom stereocenters. The van der Waals surface area contributed by atoms with Crippen molar-refractivity contribution in [2.24, 2.45) is 5.92 Å². The summed E-state index contributed by atoms with van der Waals surface area (Å²) in [7, 11) is 0. The maximum absolute atomic E-state index is 13.2. The average Bonchev–Trinajstić information content (AvgIpc) is 3.01. The van der Waals surface area contributed by atoms with E-state index in [-0.39, 0.29) is 17.5 Å². The molecule has 3 heterocycles. The van der Waals surface area contributed by atoms with E-state index < -0.39 is 23.5 Å². The van der Waals surface area contributed by atoms with Crippen LogP contribution in [0.5, 0.6) is 0 Å². The van der Waals surface area contributed by atoms with Crippen molar-refractivity contribution in [2.75, 3.05) is 0 Å². The Morgan fingerprint density at radius 1 is 1.27 bits per heavy atom. The summed E-state index contributed by atoms with van der Waals surface area (Å²) in [6, 6.07) is 2.57. The first-order valence-electron chi connectivity index (χ1n) is 9.01. The van der Waals surface area contributed by atoms with Gasteiger partial charge in [0.1, 0.15) is 17.3 Å². The SMILES string of the molecule is Cc1ccn2c(=O)c(C(=O)N3[C@H](C(=O)O)C[C@H]4CCCC[C@@H]43)cnc2c1. The fourth-order valence-electron chi connectivity index (χ4n) is 4.44. The second-order valence-electron chi connectivity index (χ2n) is 7.32. The van der Waals surface area contributed by atoms with Crippen LogP contribution in [0.4, 0.5) is 0 Å². The van der Waals surface area contributed by atoms with E-state index in [9.17, 15) is 19.5 Å². The monoisotopic (exact) mass is 355 g/mol. The molecule has 1 aliphatic heterocycles. The number of likely N-dealkylation sites (tertiary alicyclic amines) is 1. The quantitative estimate of drug-likeness (QED) is 0.888. The molecule has 0 spiro atoms. The zero-order valence-corrected chi connectivity index (χ0v) is 14.6. The first kappa shape index (κ1) is 16.8. The number of carboxylic acids is 1. The van der Waals surface area contributed by atoms with Crippen molar-refractivity contribution in [3.8, 4) is 0 Å². The minimum atomic E-state index is -1.00. The van der Waals surface area contributed by atoms with Gasteiger partial charge in [-0.1, -0.05) is 12.8 Å². The fourth-order valence-corrected chi connectivity index (χ4v) is 4.44. The molecule has 1 aliphatic carbocycles. The predicted molar refractivity (Wildman–Crippen MR) is 94.2 cm³/mol. The van der Waals surface area contributed by atoms with Gasteiger partial charge in [-0.2, -0.15) is 0 Å². The van der Waals surface area contributed by atoms with Gasteiger partial charge in [0, 0.05) is 18.4 Å². The van der Waals surface area contributed by atoms with Gasteiger partial charge in [0.15, 0.2) is 0 Å². The van der Waals surface area contributed by atoms with Crippen molar-refractivity contribution in [2.45, 2.75) is 51.1 Å². The van der Waals surface area contributed by atoms with Crippen LogP contribution in [0.2, 0.25) is 0 Å². The number of fused-ring (bicyclic) bond motifs is 2. The third-order valence-corrected chi connectivity index (χ3v) is 5.70. The standard InChI is InChI=1S/C19H21N3O4/c1-11-6-7-21-16(8-11)20-10-13(17(21)23)18(24)22-14-5-3-2-4-12(14)9-15(22)19(25)26/h6-8,10,12,14-15H,2-5,9H2,1H3,(H,25,26)/t12-,14+,15+/m1/s1. The van der Waals surface area contributed by atoms with Crippen LogP contribution in [0.15, 0.2) is 29.3 Å². The second kappa shape index (κ2) is 6.23. The molecule has 1 N–H and O–H groups in total. The van der Waals surface area contributed by atoms with Crippen LogP contribution in [0.1, 0.15) is 48.0 Å². The Labute approximate surface area is 150 Å². The normalized spacial score (nSPS) is 25.3. The minimum absolute atomic E-state index is 0.0659. The van der Waals surface area contributed by atoms with Crippen LogP contribution >= 0.6 is 0 Å². The lowest BCUT2D eigenvalue weighted by Crippen LogP contribution is -2.47. The van der Waals surface area contributed by atoms with Crippen molar-refractivity contribution >= 4 is 17.5 Å². The fraction of sp³-hybridized carbons (Fsp3) is 0.474. The number of hydrogen-bond acceptors (Lipinski definition) is 4. The lowest BCUT2D eigenvalue weighted by Gasteiger charge is -2.32. The van der Waals surface area contributed by atoms with E-state index >= 15 is 0 Å². The van der Waals surface area contributed by atoms with Crippen LogP contribution < -0.4 is 5.56 Å². The number of amides is 1. The van der Waals surface area contributed by atoms with Gasteiger partial charge in [-0.05, 0) is 49.8 Å². The molecule has 1 amide bonds. The van der Waals surface area contributed by atoms with Gasteiger partial charge >= 0.3 is 5.97 Å². The molecule has 2 aromatic heterocycles. The molecule has 2 aromatic rings. The van der Waals surface area contributed by atoms with Crippen molar-refractivity contribution in [3.63, 3.8) is 0 Å². The number of pyridine rings is 1. The van der Waals surface area contributed by atoms with Crippen LogP contribution in [-0.2, 0) is 4.79 Å². The Kier molecular flexibility index (Phi) is 4.01. The third-order valence-electron chi connectivity index (χ3n) is 5.70. The smallest absolute Gasteiger partial charge is 0.326 e. The predicted octanol–water partition coefficient (Wildman–Crippen LogP) is 1.86. The van der Waals surface area contributed by atoms with E-state index in [1.54, 1.807) is 18.3 Å². The lowest BCUT2D eigenvalue weighted by atomic mass is 9.84. The molecule has 3 atom stereocenters. The molecule has 1 saturated carbocycles. The van der Waals surface area contributed by atoms with E-state index in [1.165, 1.54) is 15.5 Å². The van der Waals surface area contributed by atoms with E-state index in [0.29, 0.717) is 12.1 Å². The summed E-state index contributed by atoms with van der Waals surface area (Å²) in [4.78, 5) is 43.4. The molecule has 4 rings (SSSR count). The summed E-state index contributed by atoms with van der Waals surface area (Å²) in [6.07, 6.45) is 7.12. The lowest BCUT2D eigenvalue weighted by molar-refractivity contribution is -0.141. The maximum Gasteiger partial charge on any atom is 0.326 e. The van der Waals surface area contributed by atoms with Gasteiger partial charge in [0.05, 0.1) is 0 Å². The Balaban J connectivity index is 1.77. The van der Waals surface area contributed by atoms with Crippen LogP contribution in [0.25, 0.3) is 5.65 Å². The Bertz CT molecular complexity index is 951. The molecular weight excluding hydrogens is 334 g/mol. The summed E-state index contributed by atoms with van der Waals surface area (Å²) in [5.41, 5.74) is 0.914. The van der Waals surface area contributed by atoms with Crippen LogP contribution in [-0.4, -0.2) is 43.4 Å². The molecule has 0 radical (unpaired) electrons. The molecule has 2 aliphatic rings. The number of carbonyl (C=O) groups is 2. The van der Waals surface area contributed by atoms with Crippen molar-refractivity contribution in [3.05, 3.63) is 46.0 Å². The summed E-state index contributed by atoms with van der Waals surface area (Å²) in [5.74, 6) is -1.32. The van der Waals surface area contributed by atoms with E-state index in [2.05, 4.69) is 4.98 Å². The van der Waals surface area contributed by atoms with Gasteiger partial charge in [0.2, 0.25) is 0 Å². The highest BCUT2D eigenvalue weighted by molar-refractivity contribution is 5.97. The summed E-state index contributed by atoms with van der Waals surface area (Å²) < 4.78 is 1.34. The Morgan fingerprint density at radius 2 is 2.04 bits per heavy atom. The Hall–Kier alpha value is -2.70. The highest BCUT2D eigenvalue weighted by Crippen LogP contribution is 2.40. The van der Waals surface area contributed by atoms with Crippen molar-refractivity contribution < 1.29 is 14.7 Å². The van der Waals surface area contributed by atoms with Crippen molar-refractivity contribution in [1.29, 1.82) is 0 Å². The number of aryl methyl sites for hydroxylation is 1. The molecular formula is C19H21N3O4. The number of aromatic nitrogens is 2. The summed E-state index contributed by atoms with van der Waals surface area (Å²) in [6.45, 7) is 1.90. The van der Waals surface area contributed by atoms with Gasteiger partial charge in [-0.3, -0.25) is 14.0 Å². The maximum atomic E-state index is 13.2. The number of rotatable bonds is 2. The largest absolute Gasteiger partial charge is 0.480 e. The molecule has 0 bridgehead atoms. The van der Waals surface area contributed by atoms with E-state index in [1.807, 2.05) is 6.92 Å². The van der Waals surface area contributed by atoms with E-state index in [4.69, 9.17) is 0 Å². The molecule has 2 fully saturated rings. The number of carbonyl (C=O) groups excluding carboxylic acids is 1. The number of carboxylic acid groups (broad SMARTS) is 1. The van der Waals surface area contributed by atoms with Crippen LogP contribution in [0.3, 0.4) is 0 Å². The van der Waals surface area contributed by atoms with Crippen molar-refractivity contribution in [1.82, 2.24) is 14.3 Å². The molecule has 136 valence electrons. The third kappa shape index (κ3) is 2.58. The number of hydrogen-bond donors (Lipinski definition) is 1. The van der Waals surface area contributed by atoms with Gasteiger partial charge in [0.25, 0.3) is 11.5 Å². The molecule has 1 saturated heterocycles. The summed E-state index contributed by atoms with van der Waals surface area (Å²) >= 11 is 0. The van der Waals surface area contributed by atoms with Gasteiger partial charge in [-0.25, -0.2) is 9.78 Å². The molecule has 7 nitrogen and oxygen atoms in total. The topological polar surface area (TPSA) is 92.0 Å². The second-order valence-corrected chi connectivity index (χ2v) is 7.32. The minimum Gasteiger partial charge on any atom is -0.480 e. The number of nitrogens with zero attached hydrogens (tertiary/aromatic N) is 3. The molecule has 26 heavy (non-hydrogen) atoms. The average molecular weight is 355 g/mol. The summed E-state index contributed by atoms with van der Waals surface area (Å²) in [5, 5.41) is 9.61. The highest BCUT2D eigenvalue weighted by Gasteiger charge is 2.48. The first-order chi connectivity index (χ1) is 12.5. The first-order valence-corrected chi connectivity index (χ1v) is 9.01. The zero-order chi connectivity index (χ0) is 18.4. The molecule has 0 aromatic carbocycles.